The van der Waals surface area contributed by atoms with E-state index in [4.69, 9.17) is 0 Å². The van der Waals surface area contributed by atoms with Gasteiger partial charge in [-0.15, -0.1) is 37.1 Å². The highest BCUT2D eigenvalue weighted by Gasteiger charge is 2.51. The fourth-order valence-electron chi connectivity index (χ4n) is 5.34. The number of halogens is 1. The Labute approximate surface area is 210 Å². The summed E-state index contributed by atoms with van der Waals surface area (Å²) in [5.41, 5.74) is 5.28. The van der Waals surface area contributed by atoms with Crippen LogP contribution in [-0.4, -0.2) is 0 Å². The van der Waals surface area contributed by atoms with Gasteiger partial charge in [-0.05, 0) is 73.7 Å². The first-order valence-corrected chi connectivity index (χ1v) is 12.5. The van der Waals surface area contributed by atoms with Gasteiger partial charge in [-0.1, -0.05) is 97.6 Å². The van der Waals surface area contributed by atoms with Crippen LogP contribution in [0.5, 0.6) is 0 Å². The average molecular weight is 533 g/mol. The highest BCUT2D eigenvalue weighted by atomic mass is 127. The molecule has 0 amide bonds. The van der Waals surface area contributed by atoms with Crippen molar-refractivity contribution in [1.82, 2.24) is 0 Å². The standard InChI is InChI=1S/C22H34.C3H8.C2H6.C2H4.HI.2H2/c1-5-20-15-21-18(8-6-7-13-22(20,21)4)11-12-19-14-16(2)9-10-17(19)3;1-3-2;2*1-2;;;/h11-12,16,20-21H,3,5-10,13-15H2,1-2,4H3;3H2,1-2H3;1-2H3;1-2H2;3*1H/b18-11+,19-12+;;;;;;/t16-,20?,21?,22+;;;;;;/m0....../s1. The monoisotopic (exact) mass is 532 g/mol. The summed E-state index contributed by atoms with van der Waals surface area (Å²) in [6.07, 6.45) is 18.4. The van der Waals surface area contributed by atoms with E-state index >= 15 is 0 Å². The van der Waals surface area contributed by atoms with Gasteiger partial charge in [-0.3, -0.25) is 0 Å². The molecular formula is C29H57I. The van der Waals surface area contributed by atoms with Crippen molar-refractivity contribution < 1.29 is 2.85 Å². The Kier molecular flexibility index (Phi) is 18.3. The zero-order valence-corrected chi connectivity index (χ0v) is 23.8. The normalized spacial score (nSPS) is 32.4. The number of allylic oxidation sites excluding steroid dienone is 5. The SMILES string of the molecule is C=C.C=C1CC[C@H](C)C/C1=C\C=C1/CCCC[C@]2(C)C(CC)CC12.CC.CCC.I.[HH].[HH]. The average Bonchev–Trinajstić information content (AvgIpc) is 2.85. The summed E-state index contributed by atoms with van der Waals surface area (Å²) in [7, 11) is 0. The molecule has 1 heteroatoms. The smallest absolute Gasteiger partial charge is 0 e. The lowest BCUT2D eigenvalue weighted by molar-refractivity contribution is -0.0219. The molecule has 0 N–H and O–H groups in total. The Hall–Kier alpha value is -0.310. The molecule has 0 spiro atoms. The third-order valence-corrected chi connectivity index (χ3v) is 7.08. The molecule has 3 rings (SSSR count). The molecule has 0 aliphatic heterocycles. The second-order valence-corrected chi connectivity index (χ2v) is 9.20. The molecule has 0 bridgehead atoms. The van der Waals surface area contributed by atoms with Crippen LogP contribution < -0.4 is 0 Å². The maximum atomic E-state index is 4.30. The predicted octanol–water partition coefficient (Wildman–Crippen LogP) is 11.2. The maximum Gasteiger partial charge on any atom is 0 e. The zero-order chi connectivity index (χ0) is 22.4. The molecule has 3 aliphatic rings. The summed E-state index contributed by atoms with van der Waals surface area (Å²) in [5, 5.41) is 0. The van der Waals surface area contributed by atoms with Gasteiger partial charge in [0.25, 0.3) is 0 Å². The Bertz CT molecular complexity index is 537. The van der Waals surface area contributed by atoms with E-state index in [0.29, 0.717) is 5.41 Å². The zero-order valence-electron chi connectivity index (χ0n) is 21.5. The van der Waals surface area contributed by atoms with Crippen LogP contribution in [0.3, 0.4) is 0 Å². The highest BCUT2D eigenvalue weighted by molar-refractivity contribution is 14.0. The summed E-state index contributed by atoms with van der Waals surface area (Å²) in [4.78, 5) is 0. The number of hydrogen-bond donors (Lipinski definition) is 0. The van der Waals surface area contributed by atoms with E-state index in [-0.39, 0.29) is 26.8 Å². The van der Waals surface area contributed by atoms with Crippen molar-refractivity contribution in [3.63, 3.8) is 0 Å². The molecule has 0 aromatic heterocycles. The van der Waals surface area contributed by atoms with Gasteiger partial charge in [-0.2, -0.15) is 0 Å². The van der Waals surface area contributed by atoms with E-state index in [1.807, 2.05) is 13.8 Å². The van der Waals surface area contributed by atoms with Gasteiger partial charge < -0.3 is 0 Å². The van der Waals surface area contributed by atoms with E-state index < -0.39 is 0 Å². The molecule has 0 saturated heterocycles. The lowest BCUT2D eigenvalue weighted by Crippen LogP contribution is -2.46. The summed E-state index contributed by atoms with van der Waals surface area (Å²) in [5.74, 6) is 2.67. The van der Waals surface area contributed by atoms with Crippen molar-refractivity contribution >= 4 is 24.0 Å². The summed E-state index contributed by atoms with van der Waals surface area (Å²) in [6.45, 7) is 25.9. The van der Waals surface area contributed by atoms with Gasteiger partial charge in [0.05, 0.1) is 0 Å². The Morgan fingerprint density at radius 3 is 2.23 bits per heavy atom. The molecule has 3 aliphatic carbocycles. The molecular weight excluding hydrogens is 475 g/mol. The molecule has 180 valence electrons. The Balaban J connectivity index is -0.000000355. The van der Waals surface area contributed by atoms with Crippen LogP contribution in [0.2, 0.25) is 0 Å². The van der Waals surface area contributed by atoms with E-state index in [0.717, 1.165) is 17.8 Å². The van der Waals surface area contributed by atoms with Gasteiger partial charge in [0, 0.05) is 2.85 Å². The van der Waals surface area contributed by atoms with Gasteiger partial charge in [0.15, 0.2) is 0 Å². The summed E-state index contributed by atoms with van der Waals surface area (Å²) in [6, 6.07) is 0. The van der Waals surface area contributed by atoms with Gasteiger partial charge in [-0.25, -0.2) is 0 Å². The van der Waals surface area contributed by atoms with Crippen molar-refractivity contribution in [2.75, 3.05) is 0 Å². The van der Waals surface area contributed by atoms with E-state index in [1.165, 1.54) is 75.4 Å². The molecule has 0 heterocycles. The lowest BCUT2D eigenvalue weighted by atomic mass is 9.50. The molecule has 0 nitrogen and oxygen atoms in total. The van der Waals surface area contributed by atoms with E-state index in [2.05, 4.69) is 66.5 Å². The summed E-state index contributed by atoms with van der Waals surface area (Å²) < 4.78 is 0. The first-order valence-electron chi connectivity index (χ1n) is 12.5. The van der Waals surface area contributed by atoms with E-state index in [9.17, 15) is 0 Å². The maximum absolute atomic E-state index is 4.30. The van der Waals surface area contributed by atoms with Crippen LogP contribution in [0.15, 0.2) is 48.6 Å². The van der Waals surface area contributed by atoms with Gasteiger partial charge in [0.2, 0.25) is 0 Å². The third kappa shape index (κ3) is 8.67. The first kappa shape index (κ1) is 31.9. The minimum absolute atomic E-state index is 0. The molecule has 0 radical (unpaired) electrons. The van der Waals surface area contributed by atoms with Gasteiger partial charge >= 0.3 is 0 Å². The topological polar surface area (TPSA) is 0 Å². The highest BCUT2D eigenvalue weighted by Crippen LogP contribution is 2.60. The molecule has 0 aromatic carbocycles. The molecule has 3 saturated carbocycles. The van der Waals surface area contributed by atoms with Crippen molar-refractivity contribution in [2.24, 2.45) is 23.2 Å². The van der Waals surface area contributed by atoms with Crippen LogP contribution in [0.1, 0.15) is 116 Å². The van der Waals surface area contributed by atoms with Crippen molar-refractivity contribution in [1.29, 1.82) is 0 Å². The summed E-state index contributed by atoms with van der Waals surface area (Å²) >= 11 is 0. The largest absolute Gasteiger partial charge is 0.107 e. The van der Waals surface area contributed by atoms with Crippen LogP contribution in [-0.2, 0) is 0 Å². The van der Waals surface area contributed by atoms with Crippen molar-refractivity contribution in [3.05, 3.63) is 48.6 Å². The third-order valence-electron chi connectivity index (χ3n) is 7.08. The van der Waals surface area contributed by atoms with E-state index in [1.54, 1.807) is 5.57 Å². The molecule has 4 atom stereocenters. The molecule has 30 heavy (non-hydrogen) atoms. The lowest BCUT2D eigenvalue weighted by Gasteiger charge is -2.55. The molecule has 3 fully saturated rings. The first-order chi connectivity index (χ1) is 14.0. The number of fused-ring (bicyclic) bond motifs is 1. The minimum atomic E-state index is 0. The van der Waals surface area contributed by atoms with Crippen LogP contribution in [0.4, 0.5) is 0 Å². The Morgan fingerprint density at radius 1 is 1.07 bits per heavy atom. The second kappa shape index (κ2) is 17.3. The quantitative estimate of drug-likeness (QED) is 0.245. The van der Waals surface area contributed by atoms with Crippen molar-refractivity contribution in [2.45, 2.75) is 113 Å². The van der Waals surface area contributed by atoms with Crippen LogP contribution in [0, 0.1) is 23.2 Å². The Morgan fingerprint density at radius 2 is 1.67 bits per heavy atom. The van der Waals surface area contributed by atoms with Crippen molar-refractivity contribution in [3.8, 4) is 0 Å². The number of hydrogen-bond acceptors (Lipinski definition) is 0. The van der Waals surface area contributed by atoms with Crippen LogP contribution in [0.25, 0.3) is 0 Å². The van der Waals surface area contributed by atoms with Crippen LogP contribution >= 0.6 is 24.0 Å². The van der Waals surface area contributed by atoms with Gasteiger partial charge in [0.1, 0.15) is 0 Å². The fourth-order valence-corrected chi connectivity index (χ4v) is 5.34. The molecule has 2 unspecified atom stereocenters. The number of rotatable bonds is 2. The predicted molar refractivity (Wildman–Crippen MR) is 155 cm³/mol. The fraction of sp³-hybridized carbons (Fsp3) is 0.724. The second-order valence-electron chi connectivity index (χ2n) is 9.20. The molecule has 0 aromatic rings. The minimum Gasteiger partial charge on any atom is -0.107 e.